The van der Waals surface area contributed by atoms with Gasteiger partial charge in [-0.2, -0.15) is 0 Å². The highest BCUT2D eigenvalue weighted by atomic mass is 35.5. The summed E-state index contributed by atoms with van der Waals surface area (Å²) in [6, 6.07) is 25.4. The van der Waals surface area contributed by atoms with Crippen molar-refractivity contribution in [3.63, 3.8) is 0 Å². The van der Waals surface area contributed by atoms with Gasteiger partial charge in [0, 0.05) is 5.56 Å². The van der Waals surface area contributed by atoms with E-state index in [0.717, 1.165) is 16.6 Å². The first-order valence-corrected chi connectivity index (χ1v) is 13.6. The lowest BCUT2D eigenvalue weighted by Gasteiger charge is -2.41. The molecule has 1 N–H and O–H groups in total. The fraction of sp³-hybridized carbons (Fsp3) is 0.500. The van der Waals surface area contributed by atoms with Crippen LogP contribution in [0.15, 0.2) is 72.8 Å². The Labute approximate surface area is 220 Å². The van der Waals surface area contributed by atoms with Gasteiger partial charge in [-0.15, -0.1) is 0 Å². The summed E-state index contributed by atoms with van der Waals surface area (Å²) in [4.78, 5) is 0. The first kappa shape index (κ1) is 29.4. The van der Waals surface area contributed by atoms with Crippen molar-refractivity contribution in [1.29, 1.82) is 0 Å². The second-order valence-electron chi connectivity index (χ2n) is 10.6. The minimum absolute atomic E-state index is 0. The normalized spacial score (nSPS) is 13.4. The van der Waals surface area contributed by atoms with E-state index in [2.05, 4.69) is 75.6 Å². The van der Waals surface area contributed by atoms with Crippen LogP contribution in [0.4, 0.5) is 0 Å². The number of aliphatic hydroxyl groups is 1. The lowest BCUT2D eigenvalue weighted by atomic mass is 9.91. The van der Waals surface area contributed by atoms with E-state index in [9.17, 15) is 5.11 Å². The molecule has 0 spiro atoms. The molecule has 3 aromatic carbocycles. The quantitative estimate of drug-likeness (QED) is 0.214. The van der Waals surface area contributed by atoms with E-state index in [1.165, 1.54) is 80.5 Å². The molecule has 192 valence electrons. The van der Waals surface area contributed by atoms with E-state index in [-0.39, 0.29) is 18.4 Å². The van der Waals surface area contributed by atoms with Gasteiger partial charge in [0.15, 0.2) is 0 Å². The summed E-state index contributed by atoms with van der Waals surface area (Å²) in [5.41, 5.74) is 2.21. The molecule has 0 amide bonds. The van der Waals surface area contributed by atoms with E-state index < -0.39 is 6.10 Å². The molecule has 0 radical (unpaired) electrons. The van der Waals surface area contributed by atoms with Crippen molar-refractivity contribution >= 4 is 10.8 Å². The number of hydrogen-bond donors (Lipinski definition) is 1. The van der Waals surface area contributed by atoms with Crippen LogP contribution in [-0.2, 0) is 0 Å². The zero-order chi connectivity index (χ0) is 24.2. The van der Waals surface area contributed by atoms with Crippen LogP contribution in [0.25, 0.3) is 10.8 Å². The topological polar surface area (TPSA) is 20.2 Å². The third-order valence-corrected chi connectivity index (χ3v) is 7.40. The first-order chi connectivity index (χ1) is 16.5. The second kappa shape index (κ2) is 15.3. The lowest BCUT2D eigenvalue weighted by molar-refractivity contribution is -0.926. The number of hydrogen-bond acceptors (Lipinski definition) is 1. The van der Waals surface area contributed by atoms with Crippen molar-refractivity contribution in [3.05, 3.63) is 83.9 Å². The fourth-order valence-electron chi connectivity index (χ4n) is 5.34. The number of nitrogens with zero attached hydrogens (tertiary/aromatic N) is 1. The summed E-state index contributed by atoms with van der Waals surface area (Å²) >= 11 is 0. The van der Waals surface area contributed by atoms with Gasteiger partial charge in [0.25, 0.3) is 0 Å². The minimum atomic E-state index is -0.541. The lowest BCUT2D eigenvalue weighted by Crippen LogP contribution is -3.00. The number of fused-ring (bicyclic) bond motifs is 1. The van der Waals surface area contributed by atoms with Crippen LogP contribution in [0.3, 0.4) is 0 Å². The number of unbranched alkanes of at least 4 members (excludes halogenated alkanes) is 9. The monoisotopic (exact) mass is 495 g/mol. The summed E-state index contributed by atoms with van der Waals surface area (Å²) in [7, 11) is 4.58. The number of rotatable bonds is 15. The molecule has 2 unspecified atom stereocenters. The highest BCUT2D eigenvalue weighted by Crippen LogP contribution is 2.38. The van der Waals surface area contributed by atoms with Crippen LogP contribution in [-0.4, -0.2) is 30.2 Å². The first-order valence-electron chi connectivity index (χ1n) is 13.6. The molecular weight excluding hydrogens is 450 g/mol. The van der Waals surface area contributed by atoms with Gasteiger partial charge in [0.05, 0.1) is 20.6 Å². The molecule has 0 saturated carbocycles. The maximum Gasteiger partial charge on any atom is 0.145 e. The highest BCUT2D eigenvalue weighted by molar-refractivity contribution is 5.83. The minimum Gasteiger partial charge on any atom is -1.00 e. The van der Waals surface area contributed by atoms with E-state index in [1.807, 2.05) is 18.2 Å². The third-order valence-electron chi connectivity index (χ3n) is 7.40. The van der Waals surface area contributed by atoms with Crippen molar-refractivity contribution in [2.75, 3.05) is 20.6 Å². The van der Waals surface area contributed by atoms with Crippen LogP contribution in [0.2, 0.25) is 0 Å². The smallest absolute Gasteiger partial charge is 0.145 e. The van der Waals surface area contributed by atoms with Crippen molar-refractivity contribution in [3.8, 4) is 0 Å². The van der Waals surface area contributed by atoms with E-state index in [4.69, 9.17) is 0 Å². The second-order valence-corrected chi connectivity index (χ2v) is 10.6. The Balaban J connectivity index is 0.00000432. The van der Waals surface area contributed by atoms with Crippen LogP contribution < -0.4 is 12.4 Å². The molecule has 0 aliphatic carbocycles. The molecular formula is C32H46ClNO. The standard InChI is InChI=1S/C32H46NO.ClH/c1-4-5-6-7-8-9-10-11-12-18-25-33(2,3)31(32(34)28-20-14-13-15-21-28)30-24-23-27-19-16-17-22-29(27)26-30;/h13-17,19-24,26,31-32,34H,4-12,18,25H2,1-3H3;1H/q+1;/p-1. The third kappa shape index (κ3) is 8.94. The Morgan fingerprint density at radius 3 is 1.80 bits per heavy atom. The molecule has 0 aliphatic heterocycles. The average molecular weight is 496 g/mol. The van der Waals surface area contributed by atoms with Crippen molar-refractivity contribution in [2.45, 2.75) is 83.3 Å². The predicted octanol–water partition coefficient (Wildman–Crippen LogP) is 5.62. The van der Waals surface area contributed by atoms with Gasteiger partial charge >= 0.3 is 0 Å². The molecule has 0 fully saturated rings. The van der Waals surface area contributed by atoms with Gasteiger partial charge < -0.3 is 22.0 Å². The van der Waals surface area contributed by atoms with Crippen LogP contribution >= 0.6 is 0 Å². The summed E-state index contributed by atoms with van der Waals surface area (Å²) in [6.45, 7) is 3.35. The van der Waals surface area contributed by atoms with E-state index >= 15 is 0 Å². The maximum absolute atomic E-state index is 11.6. The maximum atomic E-state index is 11.6. The van der Waals surface area contributed by atoms with Gasteiger partial charge in [-0.3, -0.25) is 0 Å². The van der Waals surface area contributed by atoms with Crippen molar-refractivity contribution in [1.82, 2.24) is 0 Å². The zero-order valence-electron chi connectivity index (χ0n) is 22.1. The zero-order valence-corrected chi connectivity index (χ0v) is 22.9. The fourth-order valence-corrected chi connectivity index (χ4v) is 5.34. The van der Waals surface area contributed by atoms with Crippen LogP contribution in [0.1, 0.15) is 94.4 Å². The molecule has 3 heteroatoms. The summed E-state index contributed by atoms with van der Waals surface area (Å²) < 4.78 is 0.783. The van der Waals surface area contributed by atoms with E-state index in [0.29, 0.717) is 0 Å². The average Bonchev–Trinajstić information content (AvgIpc) is 2.85. The molecule has 2 atom stereocenters. The van der Waals surface area contributed by atoms with E-state index in [1.54, 1.807) is 0 Å². The molecule has 0 saturated heterocycles. The molecule has 35 heavy (non-hydrogen) atoms. The summed E-state index contributed by atoms with van der Waals surface area (Å²) in [6.07, 6.45) is 12.9. The summed E-state index contributed by atoms with van der Waals surface area (Å²) in [5, 5.41) is 14.1. The molecule has 0 bridgehead atoms. The summed E-state index contributed by atoms with van der Waals surface area (Å²) in [5.74, 6) is 0. The van der Waals surface area contributed by atoms with Gasteiger partial charge in [-0.1, -0.05) is 125 Å². The molecule has 3 rings (SSSR count). The molecule has 0 heterocycles. The van der Waals surface area contributed by atoms with Gasteiger partial charge in [0.1, 0.15) is 12.1 Å². The molecule has 3 aromatic rings. The highest BCUT2D eigenvalue weighted by Gasteiger charge is 2.36. The largest absolute Gasteiger partial charge is 1.00 e. The van der Waals surface area contributed by atoms with Gasteiger partial charge in [-0.25, -0.2) is 0 Å². The molecule has 0 aliphatic rings. The number of halogens is 1. The van der Waals surface area contributed by atoms with Crippen LogP contribution in [0, 0.1) is 0 Å². The Bertz CT molecular complexity index is 971. The van der Waals surface area contributed by atoms with Crippen LogP contribution in [0.5, 0.6) is 0 Å². The van der Waals surface area contributed by atoms with Gasteiger partial charge in [0.2, 0.25) is 0 Å². The number of likely N-dealkylation sites (N-methyl/N-ethyl adjacent to an activating group) is 1. The SMILES string of the molecule is CCCCCCCCCCCC[N+](C)(C)C(c1ccc2ccccc2c1)C(O)c1ccccc1.[Cl-]. The van der Waals surface area contributed by atoms with Crippen molar-refractivity contribution < 1.29 is 22.0 Å². The molecule has 0 aromatic heterocycles. The number of aliphatic hydroxyl groups excluding tert-OH is 1. The molecule has 2 nitrogen and oxygen atoms in total. The van der Waals surface area contributed by atoms with Crippen molar-refractivity contribution in [2.24, 2.45) is 0 Å². The Morgan fingerprint density at radius 1 is 0.629 bits per heavy atom. The Kier molecular flexibility index (Phi) is 12.8. The number of benzene rings is 3. The Hall–Kier alpha value is -1.87. The number of quaternary nitrogens is 1. The predicted molar refractivity (Wildman–Crippen MR) is 147 cm³/mol. The van der Waals surface area contributed by atoms with Gasteiger partial charge in [-0.05, 0) is 35.2 Å². The Morgan fingerprint density at radius 2 is 1.17 bits per heavy atom.